The molecule has 4 rings (SSSR count). The highest BCUT2D eigenvalue weighted by molar-refractivity contribution is 6.33. The third-order valence-electron chi connectivity index (χ3n) is 5.03. The predicted molar refractivity (Wildman–Crippen MR) is 119 cm³/mol. The van der Waals surface area contributed by atoms with Crippen molar-refractivity contribution in [3.63, 3.8) is 0 Å². The molecule has 0 bridgehead atoms. The van der Waals surface area contributed by atoms with E-state index in [2.05, 4.69) is 5.32 Å². The van der Waals surface area contributed by atoms with Crippen LogP contribution in [-0.2, 0) is 18.9 Å². The molecule has 4 aromatic rings. The Bertz CT molecular complexity index is 1410. The summed E-state index contributed by atoms with van der Waals surface area (Å²) in [6.45, 7) is 1.44. The van der Waals surface area contributed by atoms with Gasteiger partial charge in [-0.2, -0.15) is 0 Å². The molecule has 0 aliphatic heterocycles. The van der Waals surface area contributed by atoms with Crippen molar-refractivity contribution in [3.05, 3.63) is 80.6 Å². The number of anilines is 1. The molecular weight excluding hydrogens is 404 g/mol. The van der Waals surface area contributed by atoms with E-state index in [1.165, 1.54) is 18.5 Å². The van der Waals surface area contributed by atoms with Crippen molar-refractivity contribution < 1.29 is 4.79 Å². The smallest absolute Gasteiger partial charge is 0.326 e. The molecule has 0 unspecified atom stereocenters. The predicted octanol–water partition coefficient (Wildman–Crippen LogP) is 3.31. The van der Waals surface area contributed by atoms with Crippen LogP contribution in [0.5, 0.6) is 0 Å². The standard InChI is InChI=1S/C22H19ClN4O3/c1-13(28)24-14-8-10-15(11-9-14)27-12-18-19(21(29)26(3)22(30)25(18)2)20(27)16-6-4-5-7-17(16)23/h4-12H,1-3H3,(H,24,28). The Labute approximate surface area is 176 Å². The van der Waals surface area contributed by atoms with Crippen molar-refractivity contribution in [2.75, 3.05) is 5.32 Å². The molecule has 2 heterocycles. The number of aryl methyl sites for hydroxylation is 1. The van der Waals surface area contributed by atoms with Crippen molar-refractivity contribution in [1.82, 2.24) is 13.7 Å². The summed E-state index contributed by atoms with van der Waals surface area (Å²) in [7, 11) is 3.09. The molecule has 0 radical (unpaired) electrons. The van der Waals surface area contributed by atoms with Crippen LogP contribution in [0.3, 0.4) is 0 Å². The molecule has 152 valence electrons. The fourth-order valence-corrected chi connectivity index (χ4v) is 3.80. The third-order valence-corrected chi connectivity index (χ3v) is 5.36. The van der Waals surface area contributed by atoms with E-state index in [4.69, 9.17) is 11.6 Å². The Morgan fingerprint density at radius 1 is 0.967 bits per heavy atom. The molecule has 8 heteroatoms. The van der Waals surface area contributed by atoms with Gasteiger partial charge in [0.1, 0.15) is 0 Å². The minimum absolute atomic E-state index is 0.162. The lowest BCUT2D eigenvalue weighted by atomic mass is 10.1. The first-order valence-electron chi connectivity index (χ1n) is 9.23. The van der Waals surface area contributed by atoms with Crippen LogP contribution >= 0.6 is 11.6 Å². The lowest BCUT2D eigenvalue weighted by molar-refractivity contribution is -0.114. The van der Waals surface area contributed by atoms with Gasteiger partial charge in [-0.1, -0.05) is 29.8 Å². The van der Waals surface area contributed by atoms with Gasteiger partial charge in [-0.25, -0.2) is 4.79 Å². The molecule has 0 fully saturated rings. The van der Waals surface area contributed by atoms with Crippen LogP contribution in [0, 0.1) is 0 Å². The average molecular weight is 423 g/mol. The fourth-order valence-electron chi connectivity index (χ4n) is 3.57. The third kappa shape index (κ3) is 3.13. The van der Waals surface area contributed by atoms with Gasteiger partial charge in [0.15, 0.2) is 0 Å². The van der Waals surface area contributed by atoms with Crippen molar-refractivity contribution in [3.8, 4) is 16.9 Å². The molecule has 2 aromatic heterocycles. The van der Waals surface area contributed by atoms with Crippen molar-refractivity contribution >= 4 is 34.1 Å². The number of nitrogens with zero attached hydrogens (tertiary/aromatic N) is 3. The molecule has 1 amide bonds. The van der Waals surface area contributed by atoms with Crippen LogP contribution in [0.2, 0.25) is 5.02 Å². The van der Waals surface area contributed by atoms with Crippen LogP contribution in [0.25, 0.3) is 27.8 Å². The molecule has 0 aliphatic carbocycles. The number of rotatable bonds is 3. The highest BCUT2D eigenvalue weighted by Gasteiger charge is 2.21. The first kappa shape index (κ1) is 19.7. The Kier molecular flexibility index (Phi) is 4.83. The number of halogens is 1. The van der Waals surface area contributed by atoms with Crippen molar-refractivity contribution in [1.29, 1.82) is 0 Å². The van der Waals surface area contributed by atoms with Crippen molar-refractivity contribution in [2.24, 2.45) is 14.1 Å². The Morgan fingerprint density at radius 2 is 1.63 bits per heavy atom. The number of fused-ring (bicyclic) bond motifs is 1. The second-order valence-electron chi connectivity index (χ2n) is 7.02. The molecule has 0 saturated carbocycles. The minimum Gasteiger partial charge on any atom is -0.326 e. The van der Waals surface area contributed by atoms with Gasteiger partial charge in [-0.3, -0.25) is 18.7 Å². The molecular formula is C22H19ClN4O3. The minimum atomic E-state index is -0.406. The number of amides is 1. The SMILES string of the molecule is CC(=O)Nc1ccc(-n2cc3c(c2-c2ccccc2Cl)c(=O)n(C)c(=O)n3C)cc1. The molecule has 0 saturated heterocycles. The van der Waals surface area contributed by atoms with E-state index in [-0.39, 0.29) is 5.91 Å². The lowest BCUT2D eigenvalue weighted by Gasteiger charge is -2.12. The lowest BCUT2D eigenvalue weighted by Crippen LogP contribution is -2.36. The molecule has 0 spiro atoms. The molecule has 0 atom stereocenters. The number of hydrogen-bond donors (Lipinski definition) is 1. The van der Waals surface area contributed by atoms with Gasteiger partial charge in [0.25, 0.3) is 5.56 Å². The number of aromatic nitrogens is 3. The molecule has 2 aromatic carbocycles. The van der Waals surface area contributed by atoms with E-state index in [0.717, 1.165) is 10.3 Å². The van der Waals surface area contributed by atoms with E-state index < -0.39 is 11.2 Å². The van der Waals surface area contributed by atoms with Gasteiger partial charge >= 0.3 is 5.69 Å². The quantitative estimate of drug-likeness (QED) is 0.550. The number of hydrogen-bond acceptors (Lipinski definition) is 3. The summed E-state index contributed by atoms with van der Waals surface area (Å²) in [5.41, 5.74) is 2.39. The summed E-state index contributed by atoms with van der Waals surface area (Å²) in [5, 5.41) is 3.62. The average Bonchev–Trinajstić information content (AvgIpc) is 3.11. The summed E-state index contributed by atoms with van der Waals surface area (Å²) in [6, 6.07) is 14.5. The summed E-state index contributed by atoms with van der Waals surface area (Å²) >= 11 is 6.48. The number of carbonyl (C=O) groups is 1. The summed E-state index contributed by atoms with van der Waals surface area (Å²) in [6.07, 6.45) is 1.75. The zero-order chi connectivity index (χ0) is 21.6. The Balaban J connectivity index is 2.08. The fraction of sp³-hybridized carbons (Fsp3) is 0.136. The van der Waals surface area contributed by atoms with E-state index in [1.54, 1.807) is 31.4 Å². The normalized spacial score (nSPS) is 11.1. The van der Waals surface area contributed by atoms with E-state index >= 15 is 0 Å². The van der Waals surface area contributed by atoms with Gasteiger partial charge in [0.05, 0.1) is 16.6 Å². The summed E-state index contributed by atoms with van der Waals surface area (Å²) in [4.78, 5) is 36.8. The number of nitrogens with one attached hydrogen (secondary N) is 1. The monoisotopic (exact) mass is 422 g/mol. The summed E-state index contributed by atoms with van der Waals surface area (Å²) < 4.78 is 4.37. The van der Waals surface area contributed by atoms with E-state index in [9.17, 15) is 14.4 Å². The number of carbonyl (C=O) groups excluding carboxylic acids is 1. The van der Waals surface area contributed by atoms with Gasteiger partial charge in [0.2, 0.25) is 5.91 Å². The van der Waals surface area contributed by atoms with E-state index in [0.29, 0.717) is 32.9 Å². The maximum atomic E-state index is 13.1. The first-order valence-corrected chi connectivity index (χ1v) is 9.61. The largest absolute Gasteiger partial charge is 0.330 e. The highest BCUT2D eigenvalue weighted by Crippen LogP contribution is 2.35. The van der Waals surface area contributed by atoms with Crippen LogP contribution < -0.4 is 16.6 Å². The second-order valence-corrected chi connectivity index (χ2v) is 7.43. The van der Waals surface area contributed by atoms with Crippen LogP contribution in [0.15, 0.2) is 64.3 Å². The summed E-state index contributed by atoms with van der Waals surface area (Å²) in [5.74, 6) is -0.162. The molecule has 30 heavy (non-hydrogen) atoms. The Hall–Kier alpha value is -3.58. The zero-order valence-electron chi connectivity index (χ0n) is 16.6. The molecule has 7 nitrogen and oxygen atoms in total. The number of benzene rings is 2. The van der Waals surface area contributed by atoms with Crippen LogP contribution in [0.1, 0.15) is 6.92 Å². The van der Waals surface area contributed by atoms with Gasteiger partial charge < -0.3 is 9.88 Å². The van der Waals surface area contributed by atoms with Gasteiger partial charge in [-0.05, 0) is 30.3 Å². The molecule has 0 aliphatic rings. The first-order chi connectivity index (χ1) is 14.3. The Morgan fingerprint density at radius 3 is 2.27 bits per heavy atom. The highest BCUT2D eigenvalue weighted by atomic mass is 35.5. The van der Waals surface area contributed by atoms with Gasteiger partial charge in [-0.15, -0.1) is 0 Å². The van der Waals surface area contributed by atoms with Crippen LogP contribution in [0.4, 0.5) is 5.69 Å². The zero-order valence-corrected chi connectivity index (χ0v) is 17.4. The van der Waals surface area contributed by atoms with E-state index in [1.807, 2.05) is 34.9 Å². The second kappa shape index (κ2) is 7.35. The maximum absolute atomic E-state index is 13.1. The topological polar surface area (TPSA) is 78.0 Å². The van der Waals surface area contributed by atoms with Crippen molar-refractivity contribution in [2.45, 2.75) is 6.92 Å². The molecule has 1 N–H and O–H groups in total. The van der Waals surface area contributed by atoms with Crippen LogP contribution in [-0.4, -0.2) is 19.6 Å². The maximum Gasteiger partial charge on any atom is 0.330 e. The van der Waals surface area contributed by atoms with Gasteiger partial charge in [0, 0.05) is 49.2 Å².